The van der Waals surface area contributed by atoms with Gasteiger partial charge < -0.3 is 19.5 Å². The molecule has 2 aromatic heterocycles. The lowest BCUT2D eigenvalue weighted by molar-refractivity contribution is -0.120. The molecule has 1 aromatic carbocycles. The number of aromatic amines is 2. The van der Waals surface area contributed by atoms with E-state index in [4.69, 9.17) is 9.84 Å². The Morgan fingerprint density at radius 2 is 1.97 bits per heavy atom. The molecular formula is C28H39N5O2. The van der Waals surface area contributed by atoms with E-state index in [1.807, 2.05) is 19.0 Å². The maximum Gasteiger partial charge on any atom is 0.227 e. The molecule has 3 heterocycles. The van der Waals surface area contributed by atoms with E-state index in [2.05, 4.69) is 53.1 Å². The molecular weight excluding hydrogens is 438 g/mol. The van der Waals surface area contributed by atoms with Crippen LogP contribution in [0, 0.1) is 11.3 Å². The lowest BCUT2D eigenvalue weighted by Gasteiger charge is -2.29. The zero-order valence-corrected chi connectivity index (χ0v) is 21.6. The molecule has 3 aromatic rings. The van der Waals surface area contributed by atoms with Crippen LogP contribution in [0.3, 0.4) is 0 Å². The van der Waals surface area contributed by atoms with Gasteiger partial charge >= 0.3 is 0 Å². The largest absolute Gasteiger partial charge is 0.381 e. The van der Waals surface area contributed by atoms with Gasteiger partial charge in [0.2, 0.25) is 5.91 Å². The summed E-state index contributed by atoms with van der Waals surface area (Å²) in [6.07, 6.45) is 5.78. The summed E-state index contributed by atoms with van der Waals surface area (Å²) in [5, 5.41) is 9.13. The van der Waals surface area contributed by atoms with Crippen LogP contribution < -0.4 is 4.90 Å². The smallest absolute Gasteiger partial charge is 0.227 e. The number of benzene rings is 1. The monoisotopic (exact) mass is 477 g/mol. The summed E-state index contributed by atoms with van der Waals surface area (Å²) in [4.78, 5) is 21.1. The molecule has 5 rings (SSSR count). The number of fused-ring (bicyclic) bond motifs is 2. The summed E-state index contributed by atoms with van der Waals surface area (Å²) in [5.74, 6) is 0.614. The molecule has 7 nitrogen and oxygen atoms in total. The molecule has 0 saturated carbocycles. The van der Waals surface area contributed by atoms with Crippen LogP contribution in [0.1, 0.15) is 50.8 Å². The second kappa shape index (κ2) is 9.78. The van der Waals surface area contributed by atoms with Gasteiger partial charge in [0.05, 0.1) is 5.69 Å². The number of H-pyrrole nitrogens is 2. The molecule has 0 atom stereocenters. The Morgan fingerprint density at radius 1 is 1.17 bits per heavy atom. The Balaban J connectivity index is 1.41. The lowest BCUT2D eigenvalue weighted by atomic mass is 9.76. The van der Waals surface area contributed by atoms with Crippen LogP contribution in [0.2, 0.25) is 0 Å². The number of amides is 1. The normalized spacial score (nSPS) is 18.2. The maximum absolute atomic E-state index is 13.4. The molecule has 0 bridgehead atoms. The molecule has 2 aliphatic rings. The van der Waals surface area contributed by atoms with Gasteiger partial charge in [-0.25, -0.2) is 0 Å². The molecule has 7 heteroatoms. The van der Waals surface area contributed by atoms with Gasteiger partial charge in [0.15, 0.2) is 0 Å². The Morgan fingerprint density at radius 3 is 2.74 bits per heavy atom. The van der Waals surface area contributed by atoms with E-state index in [0.717, 1.165) is 73.4 Å². The summed E-state index contributed by atoms with van der Waals surface area (Å²) >= 11 is 0. The molecule has 35 heavy (non-hydrogen) atoms. The van der Waals surface area contributed by atoms with Crippen molar-refractivity contribution in [3.8, 4) is 11.4 Å². The van der Waals surface area contributed by atoms with Crippen LogP contribution in [0.4, 0.5) is 5.69 Å². The minimum absolute atomic E-state index is 0.203. The van der Waals surface area contributed by atoms with Crippen LogP contribution in [0.15, 0.2) is 24.3 Å². The number of ether oxygens (including phenoxy) is 1. The van der Waals surface area contributed by atoms with Gasteiger partial charge in [0.1, 0.15) is 5.69 Å². The van der Waals surface area contributed by atoms with E-state index in [1.54, 1.807) is 0 Å². The predicted octanol–water partition coefficient (Wildman–Crippen LogP) is 4.78. The van der Waals surface area contributed by atoms with Crippen LogP contribution in [-0.4, -0.2) is 66.4 Å². The summed E-state index contributed by atoms with van der Waals surface area (Å²) in [5.41, 5.74) is 7.00. The third-order valence-electron chi connectivity index (χ3n) is 7.71. The highest BCUT2D eigenvalue weighted by Crippen LogP contribution is 2.38. The number of likely N-dealkylation sites (N-methyl/N-ethyl adjacent to an activating group) is 1. The van der Waals surface area contributed by atoms with Crippen molar-refractivity contribution in [1.29, 1.82) is 0 Å². The standard InChI is InChI=1S/C28H39N5O2/c1-28(2)10-7-22-25(18-28)30-31-27(22)24-16-20-5-6-21(17-23(20)29-24)33(12-11-32(3)4)26(34)15-19-8-13-35-14-9-19/h5-6,16-17,19,29H,7-15,18H2,1-4H3,(H,30,31). The predicted molar refractivity (Wildman–Crippen MR) is 141 cm³/mol. The summed E-state index contributed by atoms with van der Waals surface area (Å²) in [6, 6.07) is 8.51. The fourth-order valence-corrected chi connectivity index (χ4v) is 5.49. The van der Waals surface area contributed by atoms with Gasteiger partial charge in [-0.1, -0.05) is 19.9 Å². The first-order chi connectivity index (χ1) is 16.8. The molecule has 0 unspecified atom stereocenters. The number of hydrogen-bond donors (Lipinski definition) is 2. The number of anilines is 1. The van der Waals surface area contributed by atoms with Gasteiger partial charge in [0.25, 0.3) is 0 Å². The molecule has 2 N–H and O–H groups in total. The van der Waals surface area contributed by atoms with Crippen molar-refractivity contribution in [3.63, 3.8) is 0 Å². The van der Waals surface area contributed by atoms with Crippen molar-refractivity contribution in [2.24, 2.45) is 11.3 Å². The van der Waals surface area contributed by atoms with Crippen molar-refractivity contribution >= 4 is 22.5 Å². The average molecular weight is 478 g/mol. The minimum atomic E-state index is 0.203. The fraction of sp³-hybridized carbons (Fsp3) is 0.571. The van der Waals surface area contributed by atoms with Gasteiger partial charge in [-0.3, -0.25) is 9.89 Å². The first-order valence-electron chi connectivity index (χ1n) is 13.0. The van der Waals surface area contributed by atoms with Crippen LogP contribution >= 0.6 is 0 Å². The van der Waals surface area contributed by atoms with Gasteiger partial charge in [-0.05, 0) is 75.7 Å². The molecule has 0 radical (unpaired) electrons. The van der Waals surface area contributed by atoms with Crippen molar-refractivity contribution in [2.75, 3.05) is 45.3 Å². The van der Waals surface area contributed by atoms with Crippen molar-refractivity contribution in [1.82, 2.24) is 20.1 Å². The number of nitrogens with one attached hydrogen (secondary N) is 2. The number of carbonyl (C=O) groups excluding carboxylic acids is 1. The van der Waals surface area contributed by atoms with Gasteiger partial charge in [0, 0.05) is 60.6 Å². The molecule has 188 valence electrons. The van der Waals surface area contributed by atoms with Gasteiger partial charge in [-0.15, -0.1) is 0 Å². The van der Waals surface area contributed by atoms with Crippen molar-refractivity contribution < 1.29 is 9.53 Å². The van der Waals surface area contributed by atoms with E-state index in [-0.39, 0.29) is 5.91 Å². The highest BCUT2D eigenvalue weighted by molar-refractivity contribution is 5.97. The van der Waals surface area contributed by atoms with E-state index < -0.39 is 0 Å². The average Bonchev–Trinajstić information content (AvgIpc) is 3.42. The summed E-state index contributed by atoms with van der Waals surface area (Å²) < 4.78 is 5.49. The Bertz CT molecular complexity index is 1190. The van der Waals surface area contributed by atoms with Crippen molar-refractivity contribution in [3.05, 3.63) is 35.5 Å². The Kier molecular flexibility index (Phi) is 6.73. The minimum Gasteiger partial charge on any atom is -0.381 e. The highest BCUT2D eigenvalue weighted by Gasteiger charge is 2.29. The van der Waals surface area contributed by atoms with Crippen molar-refractivity contribution in [2.45, 2.75) is 52.4 Å². The van der Waals surface area contributed by atoms with E-state index in [9.17, 15) is 4.79 Å². The van der Waals surface area contributed by atoms with Crippen LogP contribution in [0.25, 0.3) is 22.3 Å². The fourth-order valence-electron chi connectivity index (χ4n) is 5.49. The third-order valence-corrected chi connectivity index (χ3v) is 7.71. The Labute approximate surface area is 208 Å². The first kappa shape index (κ1) is 24.1. The summed E-state index contributed by atoms with van der Waals surface area (Å²) in [6.45, 7) is 7.68. The molecule has 1 amide bonds. The molecule has 1 aliphatic heterocycles. The second-order valence-electron chi connectivity index (χ2n) is 11.4. The number of rotatable bonds is 7. The quantitative estimate of drug-likeness (QED) is 0.513. The topological polar surface area (TPSA) is 77.2 Å². The summed E-state index contributed by atoms with van der Waals surface area (Å²) in [7, 11) is 4.10. The third kappa shape index (κ3) is 5.31. The SMILES string of the molecule is CN(C)CCN(C(=O)CC1CCOCC1)c1ccc2cc(-c3n[nH]c4c3CCC(C)(C)C4)[nH]c2c1. The number of carbonyl (C=O) groups is 1. The van der Waals surface area contributed by atoms with E-state index >= 15 is 0 Å². The number of hydrogen-bond acceptors (Lipinski definition) is 4. The van der Waals surface area contributed by atoms with E-state index in [1.165, 1.54) is 17.7 Å². The zero-order valence-electron chi connectivity index (χ0n) is 21.6. The van der Waals surface area contributed by atoms with E-state index in [0.29, 0.717) is 24.3 Å². The van der Waals surface area contributed by atoms with Crippen LogP contribution in [-0.2, 0) is 22.4 Å². The molecule has 1 saturated heterocycles. The first-order valence-corrected chi connectivity index (χ1v) is 13.0. The Hall–Kier alpha value is -2.64. The van der Waals surface area contributed by atoms with Crippen LogP contribution in [0.5, 0.6) is 0 Å². The zero-order chi connectivity index (χ0) is 24.6. The van der Waals surface area contributed by atoms with Gasteiger partial charge in [-0.2, -0.15) is 5.10 Å². The molecule has 1 fully saturated rings. The number of aromatic nitrogens is 3. The molecule has 1 aliphatic carbocycles. The lowest BCUT2D eigenvalue weighted by Crippen LogP contribution is -2.38. The molecule has 0 spiro atoms. The highest BCUT2D eigenvalue weighted by atomic mass is 16.5. The maximum atomic E-state index is 13.4. The number of nitrogens with zero attached hydrogens (tertiary/aromatic N) is 3. The second-order valence-corrected chi connectivity index (χ2v) is 11.4.